The molecule has 0 unspecified atom stereocenters. The van der Waals surface area contributed by atoms with Gasteiger partial charge in [-0.2, -0.15) is 0 Å². The number of ether oxygens (including phenoxy) is 1. The number of aryl methyl sites for hydroxylation is 1. The molecule has 0 saturated carbocycles. The first-order valence-corrected chi connectivity index (χ1v) is 5.67. The number of nitrogens with one attached hydrogen (secondary N) is 1. The van der Waals surface area contributed by atoms with Gasteiger partial charge in [-0.15, -0.1) is 0 Å². The fraction of sp³-hybridized carbons (Fsp3) is 0.214. The molecule has 3 nitrogen and oxygen atoms in total. The van der Waals surface area contributed by atoms with E-state index in [4.69, 9.17) is 4.74 Å². The summed E-state index contributed by atoms with van der Waals surface area (Å²) in [7, 11) is 1.52. The van der Waals surface area contributed by atoms with Gasteiger partial charge in [-0.1, -0.05) is 0 Å². The van der Waals surface area contributed by atoms with Crippen LogP contribution in [0.1, 0.15) is 11.1 Å². The highest BCUT2D eigenvalue weighted by Crippen LogP contribution is 2.25. The lowest BCUT2D eigenvalue weighted by Gasteiger charge is -2.12. The van der Waals surface area contributed by atoms with E-state index in [1.54, 1.807) is 12.3 Å². The van der Waals surface area contributed by atoms with Crippen LogP contribution in [0.15, 0.2) is 36.7 Å². The van der Waals surface area contributed by atoms with Crippen LogP contribution in [0.2, 0.25) is 0 Å². The predicted octanol–water partition coefficient (Wildman–Crippen LogP) is 3.15. The van der Waals surface area contributed by atoms with Crippen LogP contribution in [0, 0.1) is 12.7 Å². The second-order valence-electron chi connectivity index (χ2n) is 4.00. The maximum atomic E-state index is 13.0. The summed E-state index contributed by atoms with van der Waals surface area (Å²) >= 11 is 0. The van der Waals surface area contributed by atoms with Gasteiger partial charge in [0.1, 0.15) is 11.6 Å². The molecular weight excluding hydrogens is 231 g/mol. The van der Waals surface area contributed by atoms with Crippen LogP contribution < -0.4 is 10.1 Å². The van der Waals surface area contributed by atoms with Crippen LogP contribution >= 0.6 is 0 Å². The zero-order valence-electron chi connectivity index (χ0n) is 10.4. The molecule has 1 aromatic heterocycles. The van der Waals surface area contributed by atoms with Crippen molar-refractivity contribution in [1.29, 1.82) is 0 Å². The third-order valence-corrected chi connectivity index (χ3v) is 2.78. The molecular formula is C14H15FN2O. The van der Waals surface area contributed by atoms with Gasteiger partial charge >= 0.3 is 0 Å². The molecule has 0 saturated heterocycles. The van der Waals surface area contributed by atoms with Crippen molar-refractivity contribution in [3.63, 3.8) is 0 Å². The van der Waals surface area contributed by atoms with Gasteiger partial charge in [0.15, 0.2) is 0 Å². The monoisotopic (exact) mass is 246 g/mol. The summed E-state index contributed by atoms with van der Waals surface area (Å²) in [5.74, 6) is 0.187. The van der Waals surface area contributed by atoms with E-state index in [9.17, 15) is 4.39 Å². The van der Waals surface area contributed by atoms with Crippen LogP contribution in [0.5, 0.6) is 5.75 Å². The average molecular weight is 246 g/mol. The summed E-state index contributed by atoms with van der Waals surface area (Å²) in [6.45, 7) is 2.66. The standard InChI is InChI=1S/C14H15FN2O/c1-10-5-6-16-8-11(10)9-17-13-4-3-12(15)7-14(13)18-2/h3-8,17H,9H2,1-2H3. The van der Waals surface area contributed by atoms with Crippen LogP contribution in [0.4, 0.5) is 10.1 Å². The van der Waals surface area contributed by atoms with Crippen molar-refractivity contribution in [3.05, 3.63) is 53.6 Å². The molecule has 4 heteroatoms. The molecule has 0 spiro atoms. The SMILES string of the molecule is COc1cc(F)ccc1NCc1cnccc1C. The number of pyridine rings is 1. The summed E-state index contributed by atoms with van der Waals surface area (Å²) in [6, 6.07) is 6.39. The van der Waals surface area contributed by atoms with Crippen molar-refractivity contribution in [1.82, 2.24) is 4.98 Å². The van der Waals surface area contributed by atoms with E-state index < -0.39 is 0 Å². The Balaban J connectivity index is 2.13. The Labute approximate surface area is 106 Å². The van der Waals surface area contributed by atoms with Crippen molar-refractivity contribution in [3.8, 4) is 5.75 Å². The highest BCUT2D eigenvalue weighted by molar-refractivity contribution is 5.56. The third-order valence-electron chi connectivity index (χ3n) is 2.78. The van der Waals surface area contributed by atoms with E-state index in [1.807, 2.05) is 19.2 Å². The molecule has 1 aromatic carbocycles. The van der Waals surface area contributed by atoms with Crippen molar-refractivity contribution < 1.29 is 9.13 Å². The summed E-state index contributed by atoms with van der Waals surface area (Å²) in [6.07, 6.45) is 3.58. The summed E-state index contributed by atoms with van der Waals surface area (Å²) < 4.78 is 18.2. The summed E-state index contributed by atoms with van der Waals surface area (Å²) in [4.78, 5) is 4.08. The molecule has 0 aliphatic rings. The summed E-state index contributed by atoms with van der Waals surface area (Å²) in [5, 5.41) is 3.22. The molecule has 0 aliphatic heterocycles. The topological polar surface area (TPSA) is 34.1 Å². The number of rotatable bonds is 4. The number of halogens is 1. The Morgan fingerprint density at radius 1 is 1.33 bits per heavy atom. The number of benzene rings is 1. The second-order valence-corrected chi connectivity index (χ2v) is 4.00. The van der Waals surface area contributed by atoms with Crippen LogP contribution in [-0.4, -0.2) is 12.1 Å². The number of hydrogen-bond acceptors (Lipinski definition) is 3. The van der Waals surface area contributed by atoms with E-state index in [2.05, 4.69) is 10.3 Å². The minimum Gasteiger partial charge on any atom is -0.494 e. The van der Waals surface area contributed by atoms with E-state index in [0.29, 0.717) is 12.3 Å². The van der Waals surface area contributed by atoms with E-state index in [0.717, 1.165) is 11.3 Å². The maximum absolute atomic E-state index is 13.0. The Bertz CT molecular complexity index is 543. The number of hydrogen-bond donors (Lipinski definition) is 1. The molecule has 0 aliphatic carbocycles. The molecule has 0 fully saturated rings. The lowest BCUT2D eigenvalue weighted by molar-refractivity contribution is 0.413. The van der Waals surface area contributed by atoms with Gasteiger partial charge in [-0.05, 0) is 36.2 Å². The number of nitrogens with zero attached hydrogens (tertiary/aromatic N) is 1. The minimum absolute atomic E-state index is 0.310. The van der Waals surface area contributed by atoms with Crippen LogP contribution in [0.25, 0.3) is 0 Å². The molecule has 0 bridgehead atoms. The predicted molar refractivity (Wildman–Crippen MR) is 69.3 cm³/mol. The Hall–Kier alpha value is -2.10. The lowest BCUT2D eigenvalue weighted by Crippen LogP contribution is -2.03. The van der Waals surface area contributed by atoms with Gasteiger partial charge in [0.2, 0.25) is 0 Å². The smallest absolute Gasteiger partial charge is 0.144 e. The number of anilines is 1. The Morgan fingerprint density at radius 3 is 2.89 bits per heavy atom. The van der Waals surface area contributed by atoms with E-state index in [1.165, 1.54) is 24.8 Å². The molecule has 1 N–H and O–H groups in total. The second kappa shape index (κ2) is 5.49. The molecule has 0 amide bonds. The first kappa shape index (κ1) is 12.4. The number of methoxy groups -OCH3 is 1. The van der Waals surface area contributed by atoms with Crippen LogP contribution in [-0.2, 0) is 6.54 Å². The maximum Gasteiger partial charge on any atom is 0.144 e. The zero-order chi connectivity index (χ0) is 13.0. The van der Waals surface area contributed by atoms with Crippen molar-refractivity contribution in [2.24, 2.45) is 0 Å². The highest BCUT2D eigenvalue weighted by Gasteiger charge is 2.05. The fourth-order valence-electron chi connectivity index (χ4n) is 1.68. The fourth-order valence-corrected chi connectivity index (χ4v) is 1.68. The first-order valence-electron chi connectivity index (χ1n) is 5.67. The third kappa shape index (κ3) is 2.77. The Morgan fingerprint density at radius 2 is 2.17 bits per heavy atom. The molecule has 0 radical (unpaired) electrons. The average Bonchev–Trinajstić information content (AvgIpc) is 2.39. The molecule has 0 atom stereocenters. The van der Waals surface area contributed by atoms with Gasteiger partial charge in [-0.25, -0.2) is 4.39 Å². The first-order chi connectivity index (χ1) is 8.70. The quantitative estimate of drug-likeness (QED) is 0.899. The van der Waals surface area contributed by atoms with Gasteiger partial charge in [0, 0.05) is 25.0 Å². The normalized spacial score (nSPS) is 10.2. The molecule has 2 rings (SSSR count). The molecule has 18 heavy (non-hydrogen) atoms. The zero-order valence-corrected chi connectivity index (χ0v) is 10.4. The lowest BCUT2D eigenvalue weighted by atomic mass is 10.1. The van der Waals surface area contributed by atoms with Crippen molar-refractivity contribution >= 4 is 5.69 Å². The Kier molecular flexibility index (Phi) is 3.77. The van der Waals surface area contributed by atoms with Gasteiger partial charge in [0.25, 0.3) is 0 Å². The van der Waals surface area contributed by atoms with Gasteiger partial charge in [-0.3, -0.25) is 4.98 Å². The molecule has 94 valence electrons. The van der Waals surface area contributed by atoms with Crippen molar-refractivity contribution in [2.75, 3.05) is 12.4 Å². The van der Waals surface area contributed by atoms with Crippen LogP contribution in [0.3, 0.4) is 0 Å². The van der Waals surface area contributed by atoms with E-state index >= 15 is 0 Å². The van der Waals surface area contributed by atoms with Crippen molar-refractivity contribution in [2.45, 2.75) is 13.5 Å². The largest absolute Gasteiger partial charge is 0.494 e. The number of aromatic nitrogens is 1. The minimum atomic E-state index is -0.310. The van der Waals surface area contributed by atoms with Gasteiger partial charge < -0.3 is 10.1 Å². The summed E-state index contributed by atoms with van der Waals surface area (Å²) in [5.41, 5.74) is 3.03. The molecule has 2 aromatic rings. The molecule has 1 heterocycles. The van der Waals surface area contributed by atoms with Gasteiger partial charge in [0.05, 0.1) is 12.8 Å². The highest BCUT2D eigenvalue weighted by atomic mass is 19.1. The van der Waals surface area contributed by atoms with E-state index in [-0.39, 0.29) is 5.82 Å².